The minimum atomic E-state index is -0.719. The third-order valence-electron chi connectivity index (χ3n) is 11.5. The number of carbonyl (C=O) groups is 3. The fraction of sp³-hybridized carbons (Fsp3) is 0.833. The largest absolute Gasteiger partial charge is 0.466 e. The van der Waals surface area contributed by atoms with E-state index in [-0.39, 0.29) is 48.4 Å². The number of aliphatic hydroxyl groups excluding tert-OH is 1. The number of esters is 2. The zero-order valence-electron chi connectivity index (χ0n) is 23.2. The maximum atomic E-state index is 13.4. The first-order chi connectivity index (χ1) is 17.6. The van der Waals surface area contributed by atoms with Crippen molar-refractivity contribution in [2.45, 2.75) is 78.7 Å². The molecule has 10 atom stereocenters. The zero-order chi connectivity index (χ0) is 26.7. The van der Waals surface area contributed by atoms with E-state index in [4.69, 9.17) is 9.47 Å². The van der Waals surface area contributed by atoms with Crippen LogP contribution in [0.3, 0.4) is 0 Å². The fourth-order valence-electron chi connectivity index (χ4n) is 9.87. The van der Waals surface area contributed by atoms with E-state index in [0.717, 1.165) is 38.5 Å². The van der Waals surface area contributed by atoms with Crippen molar-refractivity contribution in [3.8, 4) is 0 Å². The van der Waals surface area contributed by atoms with E-state index < -0.39 is 23.7 Å². The Morgan fingerprint density at radius 2 is 1.70 bits per heavy atom. The Balaban J connectivity index is 1.52. The standard InChI is InChI=1S/C30H45NO6/c1-6-36-27(34)25-17(16-32)14-21-19(26(25)28(35)37-7-2)15-22-18-8-9-23-30(4,13-11-24(33)31(23)5)20(18)10-12-29(21,22)3/h14,17-20,22-23,25-26,32H,6-13,15-16H2,1-5H3/t17-,18-,19-,20+,22+,23-,25+,26+,29-,30-/m1/s1. The van der Waals surface area contributed by atoms with Crippen LogP contribution in [0.1, 0.15) is 72.6 Å². The van der Waals surface area contributed by atoms with E-state index in [1.54, 1.807) is 13.8 Å². The number of allylic oxidation sites excluding steroid dienone is 1. The van der Waals surface area contributed by atoms with Crippen molar-refractivity contribution in [2.24, 2.45) is 52.3 Å². The van der Waals surface area contributed by atoms with Crippen LogP contribution in [-0.4, -0.2) is 60.8 Å². The second kappa shape index (κ2) is 9.69. The van der Waals surface area contributed by atoms with Crippen molar-refractivity contribution in [3.05, 3.63) is 11.6 Å². The highest BCUT2D eigenvalue weighted by atomic mass is 16.5. The molecule has 7 heteroatoms. The van der Waals surface area contributed by atoms with Gasteiger partial charge in [-0.05, 0) is 86.9 Å². The highest BCUT2D eigenvalue weighted by molar-refractivity contribution is 5.84. The predicted octanol–water partition coefficient (Wildman–Crippen LogP) is 3.98. The van der Waals surface area contributed by atoms with Crippen molar-refractivity contribution in [3.63, 3.8) is 0 Å². The third-order valence-corrected chi connectivity index (χ3v) is 11.5. The van der Waals surface area contributed by atoms with Gasteiger partial charge in [-0.15, -0.1) is 0 Å². The summed E-state index contributed by atoms with van der Waals surface area (Å²) in [6.07, 6.45) is 8.89. The average Bonchev–Trinajstić information content (AvgIpc) is 3.17. The molecule has 206 valence electrons. The first-order valence-corrected chi connectivity index (χ1v) is 14.5. The van der Waals surface area contributed by atoms with Crippen LogP contribution in [0.4, 0.5) is 0 Å². The lowest BCUT2D eigenvalue weighted by Crippen LogP contribution is -2.61. The number of likely N-dealkylation sites (tertiary alicyclic amines) is 1. The third kappa shape index (κ3) is 3.89. The molecule has 5 rings (SSSR count). The van der Waals surface area contributed by atoms with E-state index in [2.05, 4.69) is 19.9 Å². The van der Waals surface area contributed by atoms with Gasteiger partial charge in [-0.3, -0.25) is 14.4 Å². The molecule has 37 heavy (non-hydrogen) atoms. The summed E-state index contributed by atoms with van der Waals surface area (Å²) in [4.78, 5) is 41.1. The van der Waals surface area contributed by atoms with Gasteiger partial charge in [0.05, 0.1) is 31.7 Å². The normalized spacial score (nSPS) is 44.6. The number of rotatable bonds is 5. The molecular weight excluding hydrogens is 470 g/mol. The Labute approximate surface area is 221 Å². The predicted molar refractivity (Wildman–Crippen MR) is 138 cm³/mol. The topological polar surface area (TPSA) is 93.1 Å². The first kappa shape index (κ1) is 26.7. The maximum Gasteiger partial charge on any atom is 0.310 e. The molecule has 0 radical (unpaired) electrons. The van der Waals surface area contributed by atoms with Crippen molar-refractivity contribution in [1.82, 2.24) is 4.90 Å². The minimum absolute atomic E-state index is 0.0524. The van der Waals surface area contributed by atoms with Crippen molar-refractivity contribution in [2.75, 3.05) is 26.9 Å². The summed E-state index contributed by atoms with van der Waals surface area (Å²) in [5.74, 6) is -0.819. The number of fused-ring (bicyclic) bond motifs is 7. The van der Waals surface area contributed by atoms with Gasteiger partial charge >= 0.3 is 11.9 Å². The van der Waals surface area contributed by atoms with Crippen LogP contribution in [0.2, 0.25) is 0 Å². The van der Waals surface area contributed by atoms with Gasteiger partial charge in [-0.1, -0.05) is 25.5 Å². The number of nitrogens with zero attached hydrogens (tertiary/aromatic N) is 1. The molecule has 0 aromatic carbocycles. The second-order valence-corrected chi connectivity index (χ2v) is 12.8. The molecule has 0 aromatic rings. The fourth-order valence-corrected chi connectivity index (χ4v) is 9.87. The molecule has 3 saturated carbocycles. The summed E-state index contributed by atoms with van der Waals surface area (Å²) in [5, 5.41) is 10.4. The summed E-state index contributed by atoms with van der Waals surface area (Å²) in [6, 6.07) is 0.307. The minimum Gasteiger partial charge on any atom is -0.466 e. The van der Waals surface area contributed by atoms with Crippen molar-refractivity contribution in [1.29, 1.82) is 0 Å². The molecule has 1 N–H and O–H groups in total. The average molecular weight is 516 g/mol. The van der Waals surface area contributed by atoms with Crippen LogP contribution in [-0.2, 0) is 23.9 Å². The van der Waals surface area contributed by atoms with Crippen LogP contribution in [0.5, 0.6) is 0 Å². The molecule has 0 unspecified atom stereocenters. The summed E-state index contributed by atoms with van der Waals surface area (Å²) >= 11 is 0. The number of hydrogen-bond acceptors (Lipinski definition) is 6. The number of piperidine rings is 1. The van der Waals surface area contributed by atoms with E-state index in [0.29, 0.717) is 30.2 Å². The van der Waals surface area contributed by atoms with Crippen molar-refractivity contribution >= 4 is 17.8 Å². The lowest BCUT2D eigenvalue weighted by molar-refractivity contribution is -0.165. The van der Waals surface area contributed by atoms with E-state index in [1.165, 1.54) is 5.57 Å². The molecule has 1 aliphatic heterocycles. The van der Waals surface area contributed by atoms with E-state index in [1.807, 2.05) is 11.9 Å². The van der Waals surface area contributed by atoms with Gasteiger partial charge in [0.15, 0.2) is 0 Å². The lowest BCUT2D eigenvalue weighted by atomic mass is 9.47. The van der Waals surface area contributed by atoms with Gasteiger partial charge in [-0.25, -0.2) is 0 Å². The van der Waals surface area contributed by atoms with Crippen LogP contribution < -0.4 is 0 Å². The smallest absolute Gasteiger partial charge is 0.310 e. The molecule has 1 heterocycles. The molecule has 0 spiro atoms. The van der Waals surface area contributed by atoms with Gasteiger partial charge in [0.2, 0.25) is 5.91 Å². The van der Waals surface area contributed by atoms with Crippen molar-refractivity contribution < 1.29 is 29.0 Å². The zero-order valence-corrected chi connectivity index (χ0v) is 23.2. The molecule has 4 fully saturated rings. The molecule has 0 bridgehead atoms. The summed E-state index contributed by atoms with van der Waals surface area (Å²) in [7, 11) is 1.99. The van der Waals surface area contributed by atoms with Gasteiger partial charge in [0.1, 0.15) is 0 Å². The van der Waals surface area contributed by atoms with Crippen LogP contribution in [0.15, 0.2) is 11.6 Å². The quantitative estimate of drug-likeness (QED) is 0.440. The van der Waals surface area contributed by atoms with Crippen LogP contribution in [0, 0.1) is 52.3 Å². The number of amides is 1. The Bertz CT molecular complexity index is 977. The summed E-state index contributed by atoms with van der Waals surface area (Å²) in [6.45, 7) is 8.67. The Morgan fingerprint density at radius 1 is 1.03 bits per heavy atom. The summed E-state index contributed by atoms with van der Waals surface area (Å²) < 4.78 is 11.0. The highest BCUT2D eigenvalue weighted by Gasteiger charge is 2.64. The molecule has 4 aliphatic carbocycles. The first-order valence-electron chi connectivity index (χ1n) is 14.5. The maximum absolute atomic E-state index is 13.4. The van der Waals surface area contributed by atoms with Gasteiger partial charge < -0.3 is 19.5 Å². The van der Waals surface area contributed by atoms with Crippen LogP contribution >= 0.6 is 0 Å². The monoisotopic (exact) mass is 515 g/mol. The second-order valence-electron chi connectivity index (χ2n) is 12.8. The highest BCUT2D eigenvalue weighted by Crippen LogP contribution is 2.69. The lowest BCUT2D eigenvalue weighted by Gasteiger charge is -2.61. The number of carbonyl (C=O) groups excluding carboxylic acids is 3. The van der Waals surface area contributed by atoms with E-state index >= 15 is 0 Å². The van der Waals surface area contributed by atoms with Gasteiger partial charge in [-0.2, -0.15) is 0 Å². The molecule has 7 nitrogen and oxygen atoms in total. The molecule has 1 amide bonds. The number of ether oxygens (including phenoxy) is 2. The molecule has 0 aromatic heterocycles. The van der Waals surface area contributed by atoms with Gasteiger partial charge in [0, 0.05) is 25.4 Å². The molecule has 5 aliphatic rings. The Morgan fingerprint density at radius 3 is 2.35 bits per heavy atom. The van der Waals surface area contributed by atoms with Gasteiger partial charge in [0.25, 0.3) is 0 Å². The molecular formula is C30H45NO6. The number of aliphatic hydroxyl groups is 1. The Kier molecular flexibility index (Phi) is 7.00. The van der Waals surface area contributed by atoms with Crippen LogP contribution in [0.25, 0.3) is 0 Å². The Hall–Kier alpha value is -1.89. The number of hydrogen-bond donors (Lipinski definition) is 1. The SMILES string of the molecule is CCOC(=O)[C@@H]1[C@@H](C(=O)OCC)[C@@H]2C[C@H]3[C@@H]4CC[C@H]5N(C)C(=O)CC[C@]5(C)[C@H]4CC[C@]3(C)C2=C[C@@H]1CO. The van der Waals surface area contributed by atoms with E-state index in [9.17, 15) is 19.5 Å². The molecule has 1 saturated heterocycles. The summed E-state index contributed by atoms with van der Waals surface area (Å²) in [5.41, 5.74) is 1.33.